The van der Waals surface area contributed by atoms with E-state index in [0.29, 0.717) is 35.7 Å². The number of hydrogen-bond donors (Lipinski definition) is 3. The van der Waals surface area contributed by atoms with Gasteiger partial charge in [-0.25, -0.2) is 4.98 Å². The molecule has 1 heterocycles. The van der Waals surface area contributed by atoms with Crippen LogP contribution in [0.2, 0.25) is 0 Å². The van der Waals surface area contributed by atoms with Crippen molar-refractivity contribution in [3.63, 3.8) is 0 Å². The van der Waals surface area contributed by atoms with Crippen molar-refractivity contribution >= 4 is 22.3 Å². The molecule has 0 saturated heterocycles. The largest absolute Gasteiger partial charge is 0.397 e. The molecule has 0 aliphatic carbocycles. The Balaban J connectivity index is 2.03. The number of benzene rings is 1. The molecule has 6 nitrogen and oxygen atoms in total. The molecule has 2 rings (SSSR count). The number of anilines is 2. The van der Waals surface area contributed by atoms with Crippen molar-refractivity contribution in [2.45, 2.75) is 13.8 Å². The number of rotatable bonds is 6. The van der Waals surface area contributed by atoms with Gasteiger partial charge in [-0.15, -0.1) is 0 Å². The molecule has 4 N–H and O–H groups in total. The molecule has 6 heteroatoms. The van der Waals surface area contributed by atoms with Crippen molar-refractivity contribution in [1.29, 1.82) is 0 Å². The van der Waals surface area contributed by atoms with Gasteiger partial charge >= 0.3 is 0 Å². The first-order valence-electron chi connectivity index (χ1n) is 6.66. The summed E-state index contributed by atoms with van der Waals surface area (Å²) in [6.45, 7) is 6.23. The van der Waals surface area contributed by atoms with E-state index in [2.05, 4.69) is 29.1 Å². The number of hydrogen-bond acceptors (Lipinski definition) is 5. The third-order valence-corrected chi connectivity index (χ3v) is 2.82. The summed E-state index contributed by atoms with van der Waals surface area (Å²) in [6.07, 6.45) is 1.39. The van der Waals surface area contributed by atoms with Crippen LogP contribution >= 0.6 is 0 Å². The number of fused-ring (bicyclic) bond motifs is 1. The first kappa shape index (κ1) is 14.3. The summed E-state index contributed by atoms with van der Waals surface area (Å²) in [7, 11) is 0. The van der Waals surface area contributed by atoms with Gasteiger partial charge < -0.3 is 20.8 Å². The molecule has 0 atom stereocenters. The van der Waals surface area contributed by atoms with Gasteiger partial charge in [0, 0.05) is 13.2 Å². The fourth-order valence-electron chi connectivity index (χ4n) is 1.86. The summed E-state index contributed by atoms with van der Waals surface area (Å²) >= 11 is 0. The fraction of sp³-hybridized carbons (Fsp3) is 0.429. The van der Waals surface area contributed by atoms with Crippen LogP contribution in [0.3, 0.4) is 0 Å². The number of ether oxygens (including phenoxy) is 1. The molecule has 1 aromatic carbocycles. The van der Waals surface area contributed by atoms with Crippen LogP contribution in [0.25, 0.3) is 10.9 Å². The fourth-order valence-corrected chi connectivity index (χ4v) is 1.86. The van der Waals surface area contributed by atoms with Crippen molar-refractivity contribution in [2.75, 3.05) is 30.8 Å². The maximum atomic E-state index is 11.6. The lowest BCUT2D eigenvalue weighted by molar-refractivity contribution is 0.118. The zero-order chi connectivity index (χ0) is 14.5. The number of nitrogens with one attached hydrogen (secondary N) is 2. The van der Waals surface area contributed by atoms with Gasteiger partial charge in [0.1, 0.15) is 0 Å². The van der Waals surface area contributed by atoms with E-state index in [4.69, 9.17) is 10.5 Å². The summed E-state index contributed by atoms with van der Waals surface area (Å²) in [6, 6.07) is 3.42. The monoisotopic (exact) mass is 276 g/mol. The first-order valence-corrected chi connectivity index (χ1v) is 6.66. The topological polar surface area (TPSA) is 93.0 Å². The number of aromatic nitrogens is 2. The summed E-state index contributed by atoms with van der Waals surface area (Å²) in [5.74, 6) is 0.525. The van der Waals surface area contributed by atoms with E-state index in [0.717, 1.165) is 12.3 Å². The third-order valence-electron chi connectivity index (χ3n) is 2.82. The zero-order valence-corrected chi connectivity index (χ0v) is 11.8. The highest BCUT2D eigenvalue weighted by Gasteiger charge is 2.05. The number of nitrogen functional groups attached to an aromatic ring is 1. The van der Waals surface area contributed by atoms with E-state index in [9.17, 15) is 4.79 Å². The molecule has 0 saturated carbocycles. The van der Waals surface area contributed by atoms with Crippen LogP contribution < -0.4 is 16.6 Å². The zero-order valence-electron chi connectivity index (χ0n) is 11.8. The Morgan fingerprint density at radius 2 is 2.25 bits per heavy atom. The highest BCUT2D eigenvalue weighted by molar-refractivity contribution is 5.88. The molecule has 0 aliphatic rings. The Bertz CT molecular complexity index is 637. The molecular weight excluding hydrogens is 256 g/mol. The lowest BCUT2D eigenvalue weighted by Crippen LogP contribution is -2.13. The van der Waals surface area contributed by atoms with Crippen molar-refractivity contribution in [2.24, 2.45) is 5.92 Å². The van der Waals surface area contributed by atoms with E-state index in [1.807, 2.05) is 0 Å². The molecule has 2 aromatic rings. The molecule has 0 amide bonds. The van der Waals surface area contributed by atoms with Crippen LogP contribution in [0.4, 0.5) is 11.4 Å². The molecule has 0 fully saturated rings. The predicted molar refractivity (Wildman–Crippen MR) is 80.9 cm³/mol. The second-order valence-electron chi connectivity index (χ2n) is 5.08. The molecule has 0 radical (unpaired) electrons. The average molecular weight is 276 g/mol. The van der Waals surface area contributed by atoms with Crippen molar-refractivity contribution < 1.29 is 4.74 Å². The third kappa shape index (κ3) is 3.48. The lowest BCUT2D eigenvalue weighted by atomic mass is 10.2. The van der Waals surface area contributed by atoms with Crippen LogP contribution in [0.5, 0.6) is 0 Å². The molecule has 20 heavy (non-hydrogen) atoms. The predicted octanol–water partition coefficient (Wildman–Crippen LogP) is 1.59. The molecule has 108 valence electrons. The van der Waals surface area contributed by atoms with E-state index in [1.165, 1.54) is 6.33 Å². The smallest absolute Gasteiger partial charge is 0.258 e. The van der Waals surface area contributed by atoms with Gasteiger partial charge in [-0.1, -0.05) is 13.8 Å². The number of nitrogens with two attached hydrogens (primary N) is 1. The van der Waals surface area contributed by atoms with Gasteiger partial charge in [0.15, 0.2) is 0 Å². The average Bonchev–Trinajstić information content (AvgIpc) is 2.40. The van der Waals surface area contributed by atoms with Crippen molar-refractivity contribution in [1.82, 2.24) is 9.97 Å². The van der Waals surface area contributed by atoms with E-state index in [1.54, 1.807) is 12.1 Å². The van der Waals surface area contributed by atoms with Crippen LogP contribution in [0, 0.1) is 5.92 Å². The number of nitrogens with zero attached hydrogens (tertiary/aromatic N) is 1. The molecule has 1 aromatic heterocycles. The van der Waals surface area contributed by atoms with E-state index >= 15 is 0 Å². The highest BCUT2D eigenvalue weighted by Crippen LogP contribution is 2.22. The van der Waals surface area contributed by atoms with Crippen LogP contribution in [0.15, 0.2) is 23.3 Å². The van der Waals surface area contributed by atoms with Crippen LogP contribution in [-0.4, -0.2) is 29.7 Å². The van der Waals surface area contributed by atoms with Gasteiger partial charge in [-0.2, -0.15) is 0 Å². The SMILES string of the molecule is CC(C)COCCNc1cc2nc[nH]c(=O)c2cc1N. The molecule has 0 bridgehead atoms. The number of aromatic amines is 1. The summed E-state index contributed by atoms with van der Waals surface area (Å²) < 4.78 is 5.49. The van der Waals surface area contributed by atoms with Crippen molar-refractivity contribution in [3.8, 4) is 0 Å². The Morgan fingerprint density at radius 3 is 3.00 bits per heavy atom. The standard InChI is InChI=1S/C14H20N4O2/c1-9(2)7-20-4-3-16-13-6-12-10(5-11(13)15)14(19)18-8-17-12/h5-6,8-9,16H,3-4,7,15H2,1-2H3,(H,17,18,19). The second-order valence-corrected chi connectivity index (χ2v) is 5.08. The molecule has 0 unspecified atom stereocenters. The molecular formula is C14H20N4O2. The highest BCUT2D eigenvalue weighted by atomic mass is 16.5. The first-order chi connectivity index (χ1) is 9.58. The lowest BCUT2D eigenvalue weighted by Gasteiger charge is -2.11. The van der Waals surface area contributed by atoms with Crippen molar-refractivity contribution in [3.05, 3.63) is 28.8 Å². The summed E-state index contributed by atoms with van der Waals surface area (Å²) in [4.78, 5) is 18.3. The van der Waals surface area contributed by atoms with E-state index < -0.39 is 0 Å². The van der Waals surface area contributed by atoms with Gasteiger partial charge in [0.05, 0.1) is 35.2 Å². The summed E-state index contributed by atoms with van der Waals surface area (Å²) in [5.41, 5.74) is 7.66. The minimum atomic E-state index is -0.187. The maximum absolute atomic E-state index is 11.6. The second kappa shape index (κ2) is 6.38. The van der Waals surface area contributed by atoms with Crippen LogP contribution in [-0.2, 0) is 4.74 Å². The van der Waals surface area contributed by atoms with Crippen LogP contribution in [0.1, 0.15) is 13.8 Å². The minimum absolute atomic E-state index is 0.187. The Hall–Kier alpha value is -2.08. The Kier molecular flexibility index (Phi) is 4.57. The minimum Gasteiger partial charge on any atom is -0.397 e. The Morgan fingerprint density at radius 1 is 1.45 bits per heavy atom. The summed E-state index contributed by atoms with van der Waals surface area (Å²) in [5, 5.41) is 3.69. The molecule has 0 aliphatic heterocycles. The van der Waals surface area contributed by atoms with Gasteiger partial charge in [0.25, 0.3) is 5.56 Å². The molecule has 0 spiro atoms. The quantitative estimate of drug-likeness (QED) is 0.550. The van der Waals surface area contributed by atoms with E-state index in [-0.39, 0.29) is 5.56 Å². The van der Waals surface area contributed by atoms with Gasteiger partial charge in [-0.3, -0.25) is 4.79 Å². The van der Waals surface area contributed by atoms with Gasteiger partial charge in [-0.05, 0) is 18.1 Å². The van der Waals surface area contributed by atoms with Gasteiger partial charge in [0.2, 0.25) is 0 Å². The normalized spacial score (nSPS) is 11.2. The maximum Gasteiger partial charge on any atom is 0.258 e. The number of H-pyrrole nitrogens is 1. The Labute approximate surface area is 117 Å².